The summed E-state index contributed by atoms with van der Waals surface area (Å²) in [5.74, 6) is 1.54. The molecule has 0 saturated carbocycles. The molecule has 0 radical (unpaired) electrons. The van der Waals surface area contributed by atoms with Crippen molar-refractivity contribution in [2.45, 2.75) is 25.7 Å². The lowest BCUT2D eigenvalue weighted by Crippen LogP contribution is -2.18. The van der Waals surface area contributed by atoms with Crippen LogP contribution in [-0.2, 0) is 24.4 Å². The van der Waals surface area contributed by atoms with E-state index in [2.05, 4.69) is 10.1 Å². The molecule has 2 aromatic carbocycles. The van der Waals surface area contributed by atoms with E-state index in [1.807, 2.05) is 60.7 Å². The Morgan fingerprint density at radius 1 is 0.960 bits per heavy atom. The fraction of sp³-hybridized carbons (Fsp3) is 0.263. The molecule has 0 aliphatic heterocycles. The van der Waals surface area contributed by atoms with Gasteiger partial charge in [-0.15, -0.1) is 0 Å². The van der Waals surface area contributed by atoms with Gasteiger partial charge < -0.3 is 19.1 Å². The maximum atomic E-state index is 10.0. The molecule has 1 aromatic heterocycles. The molecule has 1 heterocycles. The van der Waals surface area contributed by atoms with Crippen molar-refractivity contribution < 1.29 is 19.1 Å². The first-order valence-corrected chi connectivity index (χ1v) is 8.08. The summed E-state index contributed by atoms with van der Waals surface area (Å²) in [6.45, 7) is 0.874. The highest BCUT2D eigenvalue weighted by Crippen LogP contribution is 2.11. The Kier molecular flexibility index (Phi) is 6.14. The lowest BCUT2D eigenvalue weighted by atomic mass is 10.2. The second-order valence-corrected chi connectivity index (χ2v) is 5.56. The number of aliphatic hydroxyl groups is 1. The van der Waals surface area contributed by atoms with E-state index in [1.54, 1.807) is 0 Å². The van der Waals surface area contributed by atoms with Gasteiger partial charge in [0, 0.05) is 0 Å². The standard InChI is InChI=1S/C19H20N2O4/c22-16(13-23-12-15-7-3-1-4-8-15)11-19-20-18(21-25-19)14-24-17-9-5-2-6-10-17/h1-10,16,22H,11-14H2. The molecule has 1 atom stereocenters. The van der Waals surface area contributed by atoms with Crippen LogP contribution in [0.25, 0.3) is 0 Å². The molecule has 0 aliphatic rings. The van der Waals surface area contributed by atoms with E-state index in [4.69, 9.17) is 14.0 Å². The molecule has 6 heteroatoms. The van der Waals surface area contributed by atoms with Crippen molar-refractivity contribution in [1.29, 1.82) is 0 Å². The lowest BCUT2D eigenvalue weighted by Gasteiger charge is -2.09. The summed E-state index contributed by atoms with van der Waals surface area (Å²) in [7, 11) is 0. The molecule has 130 valence electrons. The molecule has 6 nitrogen and oxygen atoms in total. The molecule has 1 unspecified atom stereocenters. The second kappa shape index (κ2) is 8.96. The molecule has 3 aromatic rings. The van der Waals surface area contributed by atoms with Gasteiger partial charge in [0.05, 0.1) is 25.7 Å². The minimum atomic E-state index is -0.702. The number of rotatable bonds is 9. The van der Waals surface area contributed by atoms with Crippen LogP contribution in [0.2, 0.25) is 0 Å². The normalized spacial score (nSPS) is 12.0. The topological polar surface area (TPSA) is 77.6 Å². The van der Waals surface area contributed by atoms with Crippen molar-refractivity contribution in [2.24, 2.45) is 0 Å². The van der Waals surface area contributed by atoms with Crippen molar-refractivity contribution >= 4 is 0 Å². The first kappa shape index (κ1) is 17.1. The van der Waals surface area contributed by atoms with Crippen molar-refractivity contribution in [2.75, 3.05) is 6.61 Å². The summed E-state index contributed by atoms with van der Waals surface area (Å²) in [4.78, 5) is 4.21. The number of benzene rings is 2. The number of ether oxygens (including phenoxy) is 2. The van der Waals surface area contributed by atoms with Gasteiger partial charge in [0.25, 0.3) is 0 Å². The van der Waals surface area contributed by atoms with E-state index >= 15 is 0 Å². The molecule has 25 heavy (non-hydrogen) atoms. The summed E-state index contributed by atoms with van der Waals surface area (Å²) in [6, 6.07) is 19.2. The van der Waals surface area contributed by atoms with E-state index in [9.17, 15) is 5.11 Å². The van der Waals surface area contributed by atoms with Crippen LogP contribution in [0, 0.1) is 0 Å². The molecular weight excluding hydrogens is 320 g/mol. The van der Waals surface area contributed by atoms with Gasteiger partial charge in [0.1, 0.15) is 5.75 Å². The zero-order valence-corrected chi connectivity index (χ0v) is 13.7. The largest absolute Gasteiger partial charge is 0.485 e. The number of hydrogen-bond donors (Lipinski definition) is 1. The first-order chi connectivity index (χ1) is 12.3. The fourth-order valence-electron chi connectivity index (χ4n) is 2.24. The van der Waals surface area contributed by atoms with Crippen LogP contribution in [0.4, 0.5) is 0 Å². The lowest BCUT2D eigenvalue weighted by molar-refractivity contribution is 0.0253. The van der Waals surface area contributed by atoms with Gasteiger partial charge in [-0.25, -0.2) is 0 Å². The van der Waals surface area contributed by atoms with Crippen molar-refractivity contribution in [1.82, 2.24) is 10.1 Å². The summed E-state index contributed by atoms with van der Waals surface area (Å²) in [5.41, 5.74) is 1.06. The molecule has 1 N–H and O–H groups in total. The van der Waals surface area contributed by atoms with E-state index < -0.39 is 6.10 Å². The number of aromatic nitrogens is 2. The third kappa shape index (κ3) is 5.70. The smallest absolute Gasteiger partial charge is 0.229 e. The van der Waals surface area contributed by atoms with Crippen LogP contribution in [0.15, 0.2) is 65.2 Å². The Labute approximate surface area is 146 Å². The zero-order chi connectivity index (χ0) is 17.3. The number of para-hydroxylation sites is 1. The van der Waals surface area contributed by atoms with E-state index in [-0.39, 0.29) is 19.6 Å². The molecule has 0 amide bonds. The monoisotopic (exact) mass is 340 g/mol. The van der Waals surface area contributed by atoms with Gasteiger partial charge in [-0.1, -0.05) is 53.7 Å². The van der Waals surface area contributed by atoms with Crippen LogP contribution in [0.5, 0.6) is 5.75 Å². The van der Waals surface area contributed by atoms with Crippen LogP contribution in [0.3, 0.4) is 0 Å². The van der Waals surface area contributed by atoms with Crippen LogP contribution in [0.1, 0.15) is 17.3 Å². The van der Waals surface area contributed by atoms with Gasteiger partial charge in [0.2, 0.25) is 11.7 Å². The van der Waals surface area contributed by atoms with E-state index in [0.29, 0.717) is 18.3 Å². The Bertz CT molecular complexity index is 746. The maximum Gasteiger partial charge on any atom is 0.229 e. The van der Waals surface area contributed by atoms with Gasteiger partial charge in [-0.2, -0.15) is 4.98 Å². The minimum absolute atomic E-state index is 0.202. The molecule has 0 saturated heterocycles. The molecule has 0 bridgehead atoms. The molecule has 3 rings (SSSR count). The molecule has 0 fully saturated rings. The summed E-state index contributed by atoms with van der Waals surface area (Å²) < 4.78 is 16.2. The SMILES string of the molecule is OC(COCc1ccccc1)Cc1nc(COc2ccccc2)no1. The highest BCUT2D eigenvalue weighted by Gasteiger charge is 2.13. The number of hydrogen-bond acceptors (Lipinski definition) is 6. The number of aliphatic hydroxyl groups excluding tert-OH is 1. The Hall–Kier alpha value is -2.70. The highest BCUT2D eigenvalue weighted by atomic mass is 16.5. The third-order valence-corrected chi connectivity index (χ3v) is 3.45. The van der Waals surface area contributed by atoms with Crippen LogP contribution in [-0.4, -0.2) is 28.0 Å². The van der Waals surface area contributed by atoms with E-state index in [0.717, 1.165) is 11.3 Å². The predicted octanol–water partition coefficient (Wildman–Crippen LogP) is 2.77. The maximum absolute atomic E-state index is 10.0. The van der Waals surface area contributed by atoms with Gasteiger partial charge in [-0.3, -0.25) is 0 Å². The molecule has 0 spiro atoms. The van der Waals surface area contributed by atoms with Gasteiger partial charge in [0.15, 0.2) is 6.61 Å². The molecule has 0 aliphatic carbocycles. The summed E-state index contributed by atoms with van der Waals surface area (Å²) in [6.07, 6.45) is -0.459. The highest BCUT2D eigenvalue weighted by molar-refractivity contribution is 5.21. The van der Waals surface area contributed by atoms with Gasteiger partial charge in [-0.05, 0) is 17.7 Å². The van der Waals surface area contributed by atoms with Crippen molar-refractivity contribution in [3.63, 3.8) is 0 Å². The Balaban J connectivity index is 1.40. The van der Waals surface area contributed by atoms with Crippen LogP contribution >= 0.6 is 0 Å². The van der Waals surface area contributed by atoms with E-state index in [1.165, 1.54) is 0 Å². The Morgan fingerprint density at radius 3 is 2.44 bits per heavy atom. The zero-order valence-electron chi connectivity index (χ0n) is 13.7. The minimum Gasteiger partial charge on any atom is -0.485 e. The van der Waals surface area contributed by atoms with Crippen LogP contribution < -0.4 is 4.74 Å². The Morgan fingerprint density at radius 2 is 1.68 bits per heavy atom. The van der Waals surface area contributed by atoms with Crippen molar-refractivity contribution in [3.8, 4) is 5.75 Å². The van der Waals surface area contributed by atoms with Crippen molar-refractivity contribution in [3.05, 3.63) is 77.9 Å². The number of nitrogens with zero attached hydrogens (tertiary/aromatic N) is 2. The predicted molar refractivity (Wildman–Crippen MR) is 90.9 cm³/mol. The third-order valence-electron chi connectivity index (χ3n) is 3.45. The summed E-state index contributed by atoms with van der Waals surface area (Å²) in [5, 5.41) is 13.9. The second-order valence-electron chi connectivity index (χ2n) is 5.56. The molecular formula is C19H20N2O4. The average molecular weight is 340 g/mol. The summed E-state index contributed by atoms with van der Waals surface area (Å²) >= 11 is 0. The quantitative estimate of drug-likeness (QED) is 0.645. The average Bonchev–Trinajstić information content (AvgIpc) is 3.09. The fourth-order valence-corrected chi connectivity index (χ4v) is 2.24. The first-order valence-electron chi connectivity index (χ1n) is 8.08. The van der Waals surface area contributed by atoms with Gasteiger partial charge >= 0.3 is 0 Å².